The van der Waals surface area contributed by atoms with Gasteiger partial charge >= 0.3 is 5.97 Å². The highest BCUT2D eigenvalue weighted by molar-refractivity contribution is 5.67. The van der Waals surface area contributed by atoms with E-state index in [0.29, 0.717) is 11.7 Å². The number of carbonyl (C=O) groups is 1. The smallest absolute Gasteiger partial charge is 0.304 e. The molecule has 0 aliphatic carbocycles. The number of hydrogen-bond acceptors (Lipinski definition) is 4. The van der Waals surface area contributed by atoms with Gasteiger partial charge in [-0.2, -0.15) is 0 Å². The third-order valence-corrected chi connectivity index (χ3v) is 3.15. The lowest BCUT2D eigenvalue weighted by Crippen LogP contribution is -2.36. The van der Waals surface area contributed by atoms with E-state index >= 15 is 0 Å². The molecule has 2 atom stereocenters. The van der Waals surface area contributed by atoms with Crippen molar-refractivity contribution >= 4 is 5.97 Å². The summed E-state index contributed by atoms with van der Waals surface area (Å²) >= 11 is 0. The number of hydrogen-bond donors (Lipinski definition) is 3. The van der Waals surface area contributed by atoms with Crippen molar-refractivity contribution in [2.24, 2.45) is 11.5 Å². The van der Waals surface area contributed by atoms with Gasteiger partial charge in [0.25, 0.3) is 0 Å². The molecule has 0 saturated carbocycles. The van der Waals surface area contributed by atoms with E-state index in [2.05, 4.69) is 13.8 Å². The molecule has 5 heteroatoms. The minimum Gasteiger partial charge on any atom is -0.496 e. The van der Waals surface area contributed by atoms with Crippen LogP contribution in [-0.4, -0.2) is 24.2 Å². The summed E-state index contributed by atoms with van der Waals surface area (Å²) in [5.74, 6) is 0.0345. The lowest BCUT2D eigenvalue weighted by atomic mass is 9.93. The zero-order valence-corrected chi connectivity index (χ0v) is 11.6. The van der Waals surface area contributed by atoms with Gasteiger partial charge in [0, 0.05) is 17.6 Å². The van der Waals surface area contributed by atoms with Crippen LogP contribution in [0.1, 0.15) is 43.4 Å². The lowest BCUT2D eigenvalue weighted by molar-refractivity contribution is -0.137. The van der Waals surface area contributed by atoms with Crippen molar-refractivity contribution in [3.8, 4) is 5.75 Å². The van der Waals surface area contributed by atoms with Crippen LogP contribution < -0.4 is 16.2 Å². The van der Waals surface area contributed by atoms with Crippen LogP contribution in [-0.2, 0) is 4.79 Å². The van der Waals surface area contributed by atoms with Crippen LogP contribution in [0.15, 0.2) is 18.2 Å². The molecule has 0 aliphatic heterocycles. The Kier molecular flexibility index (Phi) is 5.32. The number of ether oxygens (including phenoxy) is 1. The van der Waals surface area contributed by atoms with Gasteiger partial charge in [-0.05, 0) is 17.5 Å². The zero-order chi connectivity index (χ0) is 14.6. The normalized spacial score (nSPS) is 14.2. The zero-order valence-electron chi connectivity index (χ0n) is 11.6. The molecule has 5 nitrogen and oxygen atoms in total. The number of nitrogens with two attached hydrogens (primary N) is 2. The van der Waals surface area contributed by atoms with Gasteiger partial charge in [0.15, 0.2) is 0 Å². The Bertz CT molecular complexity index is 446. The summed E-state index contributed by atoms with van der Waals surface area (Å²) in [6.07, 6.45) is -0.170. The SMILES string of the molecule is COc1ccc(C(C)C)cc1C(N)C(N)CC(=O)O. The fourth-order valence-electron chi connectivity index (χ4n) is 1.93. The van der Waals surface area contributed by atoms with Gasteiger partial charge in [0.2, 0.25) is 0 Å². The molecular formula is C14H22N2O3. The van der Waals surface area contributed by atoms with Crippen LogP contribution >= 0.6 is 0 Å². The predicted octanol–water partition coefficient (Wildman–Crippen LogP) is 1.62. The van der Waals surface area contributed by atoms with E-state index in [1.54, 1.807) is 7.11 Å². The van der Waals surface area contributed by atoms with Gasteiger partial charge in [-0.1, -0.05) is 26.0 Å². The first-order chi connectivity index (χ1) is 8.86. The highest BCUT2D eigenvalue weighted by atomic mass is 16.5. The number of benzene rings is 1. The number of methoxy groups -OCH3 is 1. The van der Waals surface area contributed by atoms with Gasteiger partial charge < -0.3 is 21.3 Å². The van der Waals surface area contributed by atoms with E-state index in [-0.39, 0.29) is 6.42 Å². The van der Waals surface area contributed by atoms with Gasteiger partial charge in [0.1, 0.15) is 5.75 Å². The van der Waals surface area contributed by atoms with Crippen LogP contribution in [0.3, 0.4) is 0 Å². The first kappa shape index (κ1) is 15.5. The van der Waals surface area contributed by atoms with E-state index in [1.165, 1.54) is 0 Å². The molecule has 1 rings (SSSR count). The maximum Gasteiger partial charge on any atom is 0.304 e. The molecule has 0 radical (unpaired) electrons. The second-order valence-electron chi connectivity index (χ2n) is 4.94. The van der Waals surface area contributed by atoms with E-state index in [4.69, 9.17) is 21.3 Å². The van der Waals surface area contributed by atoms with Crippen molar-refractivity contribution in [3.05, 3.63) is 29.3 Å². The quantitative estimate of drug-likeness (QED) is 0.726. The molecule has 19 heavy (non-hydrogen) atoms. The average molecular weight is 266 g/mol. The Morgan fingerprint density at radius 1 is 1.37 bits per heavy atom. The molecular weight excluding hydrogens is 244 g/mol. The Morgan fingerprint density at radius 3 is 2.47 bits per heavy atom. The number of aliphatic carboxylic acids is 1. The number of carboxylic acids is 1. The summed E-state index contributed by atoms with van der Waals surface area (Å²) in [7, 11) is 1.56. The molecule has 0 aromatic heterocycles. The molecule has 1 aromatic rings. The Morgan fingerprint density at radius 2 is 2.00 bits per heavy atom. The van der Waals surface area contributed by atoms with E-state index in [1.807, 2.05) is 18.2 Å². The molecule has 0 bridgehead atoms. The summed E-state index contributed by atoms with van der Waals surface area (Å²) in [5.41, 5.74) is 13.8. The maximum absolute atomic E-state index is 10.7. The van der Waals surface area contributed by atoms with Crippen LogP contribution in [0.2, 0.25) is 0 Å². The topological polar surface area (TPSA) is 98.6 Å². The minimum atomic E-state index is -0.957. The van der Waals surface area contributed by atoms with Crippen molar-refractivity contribution in [2.45, 2.75) is 38.3 Å². The average Bonchev–Trinajstić information content (AvgIpc) is 2.36. The first-order valence-corrected chi connectivity index (χ1v) is 6.27. The monoisotopic (exact) mass is 266 g/mol. The van der Waals surface area contributed by atoms with Crippen LogP contribution in [0.5, 0.6) is 5.75 Å². The molecule has 1 aromatic carbocycles. The maximum atomic E-state index is 10.7. The molecule has 0 amide bonds. The van der Waals surface area contributed by atoms with Crippen LogP contribution in [0.25, 0.3) is 0 Å². The van der Waals surface area contributed by atoms with Gasteiger partial charge in [-0.15, -0.1) is 0 Å². The fraction of sp³-hybridized carbons (Fsp3) is 0.500. The van der Waals surface area contributed by atoms with E-state index < -0.39 is 18.1 Å². The molecule has 0 heterocycles. The van der Waals surface area contributed by atoms with Crippen molar-refractivity contribution in [1.29, 1.82) is 0 Å². The van der Waals surface area contributed by atoms with Crippen LogP contribution in [0, 0.1) is 0 Å². The minimum absolute atomic E-state index is 0.170. The third kappa shape index (κ3) is 3.94. The Hall–Kier alpha value is -1.59. The summed E-state index contributed by atoms with van der Waals surface area (Å²) < 4.78 is 5.27. The third-order valence-electron chi connectivity index (χ3n) is 3.15. The largest absolute Gasteiger partial charge is 0.496 e. The molecule has 0 spiro atoms. The Labute approximate surface area is 113 Å². The predicted molar refractivity (Wildman–Crippen MR) is 74.2 cm³/mol. The fourth-order valence-corrected chi connectivity index (χ4v) is 1.93. The second kappa shape index (κ2) is 6.54. The Balaban J connectivity index is 3.08. The van der Waals surface area contributed by atoms with Crippen molar-refractivity contribution < 1.29 is 14.6 Å². The van der Waals surface area contributed by atoms with Gasteiger partial charge in [-0.3, -0.25) is 4.79 Å². The van der Waals surface area contributed by atoms with E-state index in [9.17, 15) is 4.79 Å². The molecule has 2 unspecified atom stereocenters. The molecule has 0 saturated heterocycles. The summed E-state index contributed by atoms with van der Waals surface area (Å²) in [6.45, 7) is 4.16. The second-order valence-corrected chi connectivity index (χ2v) is 4.94. The van der Waals surface area contributed by atoms with Crippen molar-refractivity contribution in [3.63, 3.8) is 0 Å². The molecule has 0 aliphatic rings. The number of rotatable bonds is 6. The van der Waals surface area contributed by atoms with Crippen molar-refractivity contribution in [2.75, 3.05) is 7.11 Å². The summed E-state index contributed by atoms with van der Waals surface area (Å²) in [5, 5.41) is 8.78. The van der Waals surface area contributed by atoms with Crippen molar-refractivity contribution in [1.82, 2.24) is 0 Å². The van der Waals surface area contributed by atoms with E-state index in [0.717, 1.165) is 11.1 Å². The summed E-state index contributed by atoms with van der Waals surface area (Å²) in [4.78, 5) is 10.7. The highest BCUT2D eigenvalue weighted by Crippen LogP contribution is 2.29. The molecule has 5 N–H and O–H groups in total. The molecule has 106 valence electrons. The standard InChI is InChI=1S/C14H22N2O3/c1-8(2)9-4-5-12(19-3)10(6-9)14(16)11(15)7-13(17)18/h4-6,8,11,14H,7,15-16H2,1-3H3,(H,17,18). The molecule has 0 fully saturated rings. The van der Waals surface area contributed by atoms with Gasteiger partial charge in [0.05, 0.1) is 13.5 Å². The summed E-state index contributed by atoms with van der Waals surface area (Å²) in [6, 6.07) is 4.55. The van der Waals surface area contributed by atoms with Crippen LogP contribution in [0.4, 0.5) is 0 Å². The first-order valence-electron chi connectivity index (χ1n) is 6.27. The van der Waals surface area contributed by atoms with Gasteiger partial charge in [-0.25, -0.2) is 0 Å². The highest BCUT2D eigenvalue weighted by Gasteiger charge is 2.22. The lowest BCUT2D eigenvalue weighted by Gasteiger charge is -2.22. The number of carboxylic acid groups (broad SMARTS) is 1.